The zero-order valence-corrected chi connectivity index (χ0v) is 13.7. The maximum absolute atomic E-state index is 11.3. The van der Waals surface area contributed by atoms with Crippen LogP contribution in [0.25, 0.3) is 0 Å². The number of rotatable bonds is 12. The average molecular weight is 346 g/mol. The van der Waals surface area contributed by atoms with Crippen LogP contribution in [0, 0.1) is 0 Å². The number of carbonyl (C=O) groups is 4. The summed E-state index contributed by atoms with van der Waals surface area (Å²) in [5.74, 6) is -2.77. The quantitative estimate of drug-likeness (QED) is 0.239. The molecule has 10 nitrogen and oxygen atoms in total. The molecule has 0 aromatic rings. The minimum atomic E-state index is -0.890. The Labute approximate surface area is 139 Å². The first-order valence-electron chi connectivity index (χ1n) is 7.02. The Bertz CT molecular complexity index is 410. The summed E-state index contributed by atoms with van der Waals surface area (Å²) in [5.41, 5.74) is 0. The summed E-state index contributed by atoms with van der Waals surface area (Å²) in [7, 11) is 2.97. The van der Waals surface area contributed by atoms with Gasteiger partial charge in [0.25, 0.3) is 11.8 Å². The van der Waals surface area contributed by atoms with E-state index in [4.69, 9.17) is 9.47 Å². The van der Waals surface area contributed by atoms with Gasteiger partial charge in [-0.3, -0.25) is 9.59 Å². The highest BCUT2D eigenvalue weighted by Gasteiger charge is 2.07. The van der Waals surface area contributed by atoms with Crippen LogP contribution in [0.3, 0.4) is 0 Å². The molecule has 0 spiro atoms. The molecule has 136 valence electrons. The van der Waals surface area contributed by atoms with E-state index in [0.717, 1.165) is 12.2 Å². The van der Waals surface area contributed by atoms with Gasteiger partial charge in [-0.1, -0.05) is 0 Å². The predicted molar refractivity (Wildman–Crippen MR) is 80.8 cm³/mol. The fraction of sp³-hybridized carbons (Fsp3) is 0.571. The predicted octanol–water partition coefficient (Wildman–Crippen LogP) is -1.85. The van der Waals surface area contributed by atoms with Crippen LogP contribution in [0.5, 0.6) is 0 Å². The summed E-state index contributed by atoms with van der Waals surface area (Å²) in [5, 5.41) is 4.89. The lowest BCUT2D eigenvalue weighted by Crippen LogP contribution is -2.31. The minimum absolute atomic E-state index is 0.293. The Balaban J connectivity index is 3.86. The van der Waals surface area contributed by atoms with Crippen molar-refractivity contribution in [2.75, 3.05) is 53.7 Å². The van der Waals surface area contributed by atoms with Crippen LogP contribution in [-0.4, -0.2) is 77.5 Å². The summed E-state index contributed by atoms with van der Waals surface area (Å²) < 4.78 is 18.7. The maximum atomic E-state index is 11.3. The van der Waals surface area contributed by atoms with Gasteiger partial charge in [-0.25, -0.2) is 9.59 Å². The first kappa shape index (κ1) is 21.5. The van der Waals surface area contributed by atoms with Crippen molar-refractivity contribution >= 4 is 23.8 Å². The van der Waals surface area contributed by atoms with Crippen LogP contribution in [0.15, 0.2) is 12.2 Å². The van der Waals surface area contributed by atoms with Crippen LogP contribution in [0.1, 0.15) is 0 Å². The van der Waals surface area contributed by atoms with Gasteiger partial charge in [0.2, 0.25) is 0 Å². The molecular weight excluding hydrogens is 324 g/mol. The van der Waals surface area contributed by atoms with Gasteiger partial charge in [0.15, 0.2) is 13.2 Å². The van der Waals surface area contributed by atoms with Gasteiger partial charge in [0.1, 0.15) is 0 Å². The molecule has 0 bridgehead atoms. The van der Waals surface area contributed by atoms with Crippen molar-refractivity contribution in [2.45, 2.75) is 0 Å². The number of amides is 2. The molecule has 0 aliphatic heterocycles. The van der Waals surface area contributed by atoms with Crippen molar-refractivity contribution in [1.82, 2.24) is 10.6 Å². The molecule has 0 saturated carbocycles. The number of carbonyl (C=O) groups excluding carboxylic acids is 4. The number of hydrogen-bond donors (Lipinski definition) is 2. The molecule has 24 heavy (non-hydrogen) atoms. The van der Waals surface area contributed by atoms with Crippen molar-refractivity contribution in [3.05, 3.63) is 12.2 Å². The fourth-order valence-corrected chi connectivity index (χ4v) is 1.19. The molecule has 0 atom stereocenters. The van der Waals surface area contributed by atoms with E-state index in [1.165, 1.54) is 14.2 Å². The first-order valence-corrected chi connectivity index (χ1v) is 7.02. The van der Waals surface area contributed by atoms with Gasteiger partial charge in [-0.05, 0) is 0 Å². The molecule has 0 saturated heterocycles. The molecule has 2 N–H and O–H groups in total. The number of nitrogens with one attached hydrogen (secondary N) is 2. The second-order valence-corrected chi connectivity index (χ2v) is 4.23. The van der Waals surface area contributed by atoms with E-state index < -0.39 is 37.0 Å². The lowest BCUT2D eigenvalue weighted by Gasteiger charge is -2.05. The molecule has 0 heterocycles. The zero-order chi connectivity index (χ0) is 18.2. The van der Waals surface area contributed by atoms with Gasteiger partial charge >= 0.3 is 11.9 Å². The standard InChI is InChI=1S/C14H22N2O8/c1-21-7-5-15-11(17)9-23-13(19)3-4-14(20)24-10-12(18)16-6-8-22-2/h3-4H,5-10H2,1-2H3,(H,15,17)(H,16,18)/b4-3+. The minimum Gasteiger partial charge on any atom is -0.452 e. The SMILES string of the molecule is COCCNC(=O)COC(=O)/C=C/C(=O)OCC(=O)NCCOC. The van der Waals surface area contributed by atoms with E-state index in [-0.39, 0.29) is 0 Å². The Morgan fingerprint density at radius 2 is 1.12 bits per heavy atom. The molecule has 0 rings (SSSR count). The van der Waals surface area contributed by atoms with E-state index in [1.54, 1.807) is 0 Å². The topological polar surface area (TPSA) is 129 Å². The molecule has 0 aliphatic rings. The van der Waals surface area contributed by atoms with Gasteiger partial charge in [0.05, 0.1) is 13.2 Å². The maximum Gasteiger partial charge on any atom is 0.331 e. The van der Waals surface area contributed by atoms with Crippen molar-refractivity contribution < 1.29 is 38.1 Å². The molecule has 0 aromatic heterocycles. The average Bonchev–Trinajstić information content (AvgIpc) is 2.56. The molecule has 2 amide bonds. The normalized spacial score (nSPS) is 10.2. The second-order valence-electron chi connectivity index (χ2n) is 4.23. The Kier molecular flexibility index (Phi) is 12.7. The Morgan fingerprint density at radius 3 is 1.46 bits per heavy atom. The van der Waals surface area contributed by atoms with Crippen LogP contribution < -0.4 is 10.6 Å². The third-order valence-electron chi connectivity index (χ3n) is 2.30. The summed E-state index contributed by atoms with van der Waals surface area (Å²) >= 11 is 0. The highest BCUT2D eigenvalue weighted by atomic mass is 16.5. The molecule has 0 aromatic carbocycles. The van der Waals surface area contributed by atoms with Gasteiger partial charge in [0, 0.05) is 39.5 Å². The number of ether oxygens (including phenoxy) is 4. The third kappa shape index (κ3) is 13.2. The molecular formula is C14H22N2O8. The number of esters is 2. The van der Waals surface area contributed by atoms with Crippen molar-refractivity contribution in [1.29, 1.82) is 0 Å². The van der Waals surface area contributed by atoms with E-state index in [9.17, 15) is 19.2 Å². The van der Waals surface area contributed by atoms with Gasteiger partial charge in [-0.15, -0.1) is 0 Å². The Morgan fingerprint density at radius 1 is 0.750 bits per heavy atom. The summed E-state index contributed by atoms with van der Waals surface area (Å²) in [6.45, 7) is 0.297. The molecule has 0 fully saturated rings. The lowest BCUT2D eigenvalue weighted by molar-refractivity contribution is -0.145. The first-order chi connectivity index (χ1) is 11.5. The molecule has 10 heteroatoms. The van der Waals surface area contributed by atoms with Crippen LogP contribution >= 0.6 is 0 Å². The second kappa shape index (κ2) is 14.2. The summed E-state index contributed by atoms with van der Waals surface area (Å²) in [6, 6.07) is 0. The number of methoxy groups -OCH3 is 2. The smallest absolute Gasteiger partial charge is 0.331 e. The van der Waals surface area contributed by atoms with E-state index in [2.05, 4.69) is 20.1 Å². The van der Waals surface area contributed by atoms with Crippen LogP contribution in [0.4, 0.5) is 0 Å². The third-order valence-corrected chi connectivity index (χ3v) is 2.30. The van der Waals surface area contributed by atoms with Crippen molar-refractivity contribution in [3.8, 4) is 0 Å². The Hall–Kier alpha value is -2.46. The highest BCUT2D eigenvalue weighted by molar-refractivity contribution is 5.93. The van der Waals surface area contributed by atoms with Gasteiger partial charge in [-0.2, -0.15) is 0 Å². The fourth-order valence-electron chi connectivity index (χ4n) is 1.19. The molecule has 0 unspecified atom stereocenters. The molecule has 0 aliphatic carbocycles. The van der Waals surface area contributed by atoms with Crippen molar-refractivity contribution in [2.24, 2.45) is 0 Å². The number of hydrogen-bond acceptors (Lipinski definition) is 8. The monoisotopic (exact) mass is 346 g/mol. The van der Waals surface area contributed by atoms with Gasteiger partial charge < -0.3 is 29.6 Å². The highest BCUT2D eigenvalue weighted by Crippen LogP contribution is 1.86. The summed E-state index contributed by atoms with van der Waals surface area (Å²) in [6.07, 6.45) is 1.60. The largest absolute Gasteiger partial charge is 0.452 e. The molecule has 0 radical (unpaired) electrons. The van der Waals surface area contributed by atoms with E-state index in [1.807, 2.05) is 0 Å². The van der Waals surface area contributed by atoms with E-state index in [0.29, 0.717) is 26.3 Å². The van der Waals surface area contributed by atoms with Crippen LogP contribution in [-0.2, 0) is 38.1 Å². The van der Waals surface area contributed by atoms with Crippen LogP contribution in [0.2, 0.25) is 0 Å². The lowest BCUT2D eigenvalue weighted by atomic mass is 10.5. The zero-order valence-electron chi connectivity index (χ0n) is 13.7. The van der Waals surface area contributed by atoms with E-state index >= 15 is 0 Å². The van der Waals surface area contributed by atoms with Crippen molar-refractivity contribution in [3.63, 3.8) is 0 Å². The summed E-state index contributed by atoms with van der Waals surface area (Å²) in [4.78, 5) is 45.0.